The minimum absolute atomic E-state index is 0.168. The van der Waals surface area contributed by atoms with E-state index in [0.717, 1.165) is 17.4 Å². The summed E-state index contributed by atoms with van der Waals surface area (Å²) in [5.74, 6) is 0.270. The molecule has 0 aliphatic carbocycles. The monoisotopic (exact) mass is 412 g/mol. The summed E-state index contributed by atoms with van der Waals surface area (Å²) in [6, 6.07) is 1.30. The van der Waals surface area contributed by atoms with E-state index in [1.54, 1.807) is 6.20 Å². The van der Waals surface area contributed by atoms with Crippen LogP contribution in [0, 0.1) is 0 Å². The van der Waals surface area contributed by atoms with E-state index < -0.39 is 17.5 Å². The minimum Gasteiger partial charge on any atom is -0.484 e. The van der Waals surface area contributed by atoms with Crippen molar-refractivity contribution in [2.75, 3.05) is 11.9 Å². The molecule has 2 aliphatic rings. The lowest BCUT2D eigenvalue weighted by Crippen LogP contribution is -2.37. The number of amides is 1. The van der Waals surface area contributed by atoms with Gasteiger partial charge in [-0.2, -0.15) is 13.2 Å². The Bertz CT molecular complexity index is 916. The van der Waals surface area contributed by atoms with Gasteiger partial charge in [0.15, 0.2) is 5.13 Å². The zero-order chi connectivity index (χ0) is 20.1. The van der Waals surface area contributed by atoms with Crippen LogP contribution < -0.4 is 10.1 Å². The fraction of sp³-hybridized carbons (Fsp3) is 0.500. The van der Waals surface area contributed by atoms with Gasteiger partial charge in [-0.15, -0.1) is 11.3 Å². The number of fused-ring (bicyclic) bond motifs is 1. The number of thiazole rings is 1. The van der Waals surface area contributed by atoms with E-state index in [9.17, 15) is 18.0 Å². The molecule has 1 N–H and O–H groups in total. The van der Waals surface area contributed by atoms with Crippen LogP contribution >= 0.6 is 11.3 Å². The molecule has 0 bridgehead atoms. The maximum Gasteiger partial charge on any atom is 0.433 e. The number of ether oxygens (including phenoxy) is 1. The quantitative estimate of drug-likeness (QED) is 0.836. The van der Waals surface area contributed by atoms with Crippen molar-refractivity contribution in [2.24, 2.45) is 0 Å². The number of aromatic nitrogens is 2. The number of anilines is 1. The average molecular weight is 412 g/mol. The second-order valence-electron chi connectivity index (χ2n) is 7.41. The molecule has 6 nitrogen and oxygen atoms in total. The summed E-state index contributed by atoms with van der Waals surface area (Å²) in [5, 5.41) is 3.22. The summed E-state index contributed by atoms with van der Waals surface area (Å²) in [5.41, 5.74) is -0.856. The Hall–Kier alpha value is -2.20. The van der Waals surface area contributed by atoms with Crippen LogP contribution in [0.4, 0.5) is 18.3 Å². The van der Waals surface area contributed by atoms with Gasteiger partial charge in [-0.3, -0.25) is 9.69 Å². The van der Waals surface area contributed by atoms with Crippen molar-refractivity contribution in [2.45, 2.75) is 51.1 Å². The topological polar surface area (TPSA) is 67.4 Å². The third-order valence-electron chi connectivity index (χ3n) is 5.06. The molecular weight excluding hydrogens is 393 g/mol. The first kappa shape index (κ1) is 19.1. The predicted molar refractivity (Wildman–Crippen MR) is 97.2 cm³/mol. The summed E-state index contributed by atoms with van der Waals surface area (Å²) < 4.78 is 44.9. The first-order valence-electron chi connectivity index (χ1n) is 8.85. The van der Waals surface area contributed by atoms with Crippen molar-refractivity contribution in [3.63, 3.8) is 0 Å². The summed E-state index contributed by atoms with van der Waals surface area (Å²) in [6.45, 7) is 4.77. The highest BCUT2D eigenvalue weighted by atomic mass is 32.1. The van der Waals surface area contributed by atoms with Crippen molar-refractivity contribution >= 4 is 22.4 Å². The third kappa shape index (κ3) is 3.70. The zero-order valence-corrected chi connectivity index (χ0v) is 16.2. The lowest BCUT2D eigenvalue weighted by molar-refractivity contribution is -0.141. The van der Waals surface area contributed by atoms with Gasteiger partial charge in [0.2, 0.25) is 5.91 Å². The van der Waals surface area contributed by atoms with Crippen molar-refractivity contribution in [3.05, 3.63) is 34.6 Å². The summed E-state index contributed by atoms with van der Waals surface area (Å²) in [6.07, 6.45) is -0.382. The van der Waals surface area contributed by atoms with Crippen LogP contribution in [0.25, 0.3) is 0 Å². The molecule has 10 heteroatoms. The standard InChI is InChI=1S/C18H19F3N4O2S/c1-10-4-17(5-12-3-15(18(19,20)21)22-7-14(12)27-17)9-25(10)8-13-6-23-16(28-13)24-11(2)26/h3,6-7,10H,4-5,8-9H2,1-2H3,(H,23,24,26)/t10-,17-/m0/s1. The number of nitrogens with one attached hydrogen (secondary N) is 1. The predicted octanol–water partition coefficient (Wildman–Crippen LogP) is 3.48. The first-order chi connectivity index (χ1) is 13.1. The largest absolute Gasteiger partial charge is 0.484 e. The van der Waals surface area contributed by atoms with Gasteiger partial charge in [-0.1, -0.05) is 0 Å². The summed E-state index contributed by atoms with van der Waals surface area (Å²) >= 11 is 1.41. The van der Waals surface area contributed by atoms with Gasteiger partial charge in [0, 0.05) is 55.5 Å². The molecular formula is C18H19F3N4O2S. The van der Waals surface area contributed by atoms with Crippen LogP contribution in [-0.4, -0.2) is 39.0 Å². The summed E-state index contributed by atoms with van der Waals surface area (Å²) in [7, 11) is 0. The van der Waals surface area contributed by atoms with Crippen LogP contribution in [0.15, 0.2) is 18.5 Å². The highest BCUT2D eigenvalue weighted by Gasteiger charge is 2.49. The number of likely N-dealkylation sites (tertiary alicyclic amines) is 1. The van der Waals surface area contributed by atoms with Crippen LogP contribution in [0.1, 0.15) is 36.4 Å². The number of carbonyl (C=O) groups is 1. The van der Waals surface area contributed by atoms with Crippen LogP contribution in [0.3, 0.4) is 0 Å². The maximum atomic E-state index is 12.9. The van der Waals surface area contributed by atoms with Crippen molar-refractivity contribution in [3.8, 4) is 5.75 Å². The van der Waals surface area contributed by atoms with E-state index in [4.69, 9.17) is 4.74 Å². The highest BCUT2D eigenvalue weighted by molar-refractivity contribution is 7.15. The normalized spacial score (nSPS) is 24.4. The second kappa shape index (κ2) is 6.70. The van der Waals surface area contributed by atoms with E-state index in [1.807, 2.05) is 0 Å². The number of carbonyl (C=O) groups excluding carboxylic acids is 1. The Kier molecular flexibility index (Phi) is 4.58. The molecule has 1 saturated heterocycles. The SMILES string of the molecule is CC(=O)Nc1ncc(CN2C[C@@]3(Cc4cc(C(F)(F)F)ncc4O3)C[C@@H]2C)s1. The molecule has 28 heavy (non-hydrogen) atoms. The molecule has 0 unspecified atom stereocenters. The van der Waals surface area contributed by atoms with E-state index >= 15 is 0 Å². The molecule has 2 aliphatic heterocycles. The van der Waals surface area contributed by atoms with Gasteiger partial charge in [0.1, 0.15) is 17.0 Å². The van der Waals surface area contributed by atoms with Crippen LogP contribution in [0.5, 0.6) is 5.75 Å². The number of rotatable bonds is 3. The lowest BCUT2D eigenvalue weighted by Gasteiger charge is -2.23. The van der Waals surface area contributed by atoms with Gasteiger partial charge in [-0.25, -0.2) is 9.97 Å². The van der Waals surface area contributed by atoms with Crippen molar-refractivity contribution in [1.82, 2.24) is 14.9 Å². The average Bonchev–Trinajstić information content (AvgIpc) is 3.23. The molecule has 0 saturated carbocycles. The third-order valence-corrected chi connectivity index (χ3v) is 5.95. The molecule has 2 aromatic heterocycles. The number of pyridine rings is 1. The van der Waals surface area contributed by atoms with Gasteiger partial charge in [0.25, 0.3) is 0 Å². The molecule has 1 fully saturated rings. The molecule has 0 radical (unpaired) electrons. The van der Waals surface area contributed by atoms with Gasteiger partial charge in [-0.05, 0) is 13.0 Å². The number of hydrogen-bond donors (Lipinski definition) is 1. The number of hydrogen-bond acceptors (Lipinski definition) is 6. The zero-order valence-electron chi connectivity index (χ0n) is 15.3. The first-order valence-corrected chi connectivity index (χ1v) is 9.67. The Morgan fingerprint density at radius 3 is 2.93 bits per heavy atom. The molecule has 150 valence electrons. The van der Waals surface area contributed by atoms with E-state index in [0.29, 0.717) is 36.0 Å². The number of alkyl halides is 3. The smallest absolute Gasteiger partial charge is 0.433 e. The number of nitrogens with zero attached hydrogens (tertiary/aromatic N) is 3. The Morgan fingerprint density at radius 2 is 2.21 bits per heavy atom. The molecule has 0 aromatic carbocycles. The maximum absolute atomic E-state index is 12.9. The van der Waals surface area contributed by atoms with Crippen LogP contribution in [-0.2, 0) is 23.9 Å². The molecule has 4 rings (SSSR count). The second-order valence-corrected chi connectivity index (χ2v) is 8.52. The van der Waals surface area contributed by atoms with E-state index in [1.165, 1.54) is 24.5 Å². The number of halogens is 3. The van der Waals surface area contributed by atoms with Gasteiger partial charge < -0.3 is 10.1 Å². The highest BCUT2D eigenvalue weighted by Crippen LogP contribution is 2.44. The van der Waals surface area contributed by atoms with Crippen LogP contribution in [0.2, 0.25) is 0 Å². The van der Waals surface area contributed by atoms with E-state index in [2.05, 4.69) is 27.1 Å². The molecule has 2 aromatic rings. The molecule has 1 spiro atoms. The Balaban J connectivity index is 1.46. The molecule has 4 heterocycles. The van der Waals surface area contributed by atoms with Crippen molar-refractivity contribution < 1.29 is 22.7 Å². The Labute approximate surface area is 163 Å². The van der Waals surface area contributed by atoms with Crippen molar-refractivity contribution in [1.29, 1.82) is 0 Å². The van der Waals surface area contributed by atoms with E-state index in [-0.39, 0.29) is 11.9 Å². The van der Waals surface area contributed by atoms with Gasteiger partial charge >= 0.3 is 6.18 Å². The summed E-state index contributed by atoms with van der Waals surface area (Å²) in [4.78, 5) is 22.1. The van der Waals surface area contributed by atoms with Gasteiger partial charge in [0.05, 0.1) is 6.20 Å². The molecule has 1 amide bonds. The Morgan fingerprint density at radius 1 is 1.43 bits per heavy atom. The lowest BCUT2D eigenvalue weighted by atomic mass is 9.94. The minimum atomic E-state index is -4.46. The molecule has 2 atom stereocenters. The fourth-order valence-corrected chi connectivity index (χ4v) is 4.83. The fourth-order valence-electron chi connectivity index (χ4n) is 3.95.